The van der Waals surface area contributed by atoms with Gasteiger partial charge in [-0.05, 0) is 62.1 Å². The zero-order valence-electron chi connectivity index (χ0n) is 13.5. The summed E-state index contributed by atoms with van der Waals surface area (Å²) in [5.41, 5.74) is 7.40. The molecule has 0 aliphatic carbocycles. The van der Waals surface area contributed by atoms with Gasteiger partial charge in [-0.1, -0.05) is 18.5 Å². The SMILES string of the molecule is C[C@H](COc1ccc(-c2ccnc(Cl)n2)cc1Cl)CC(C)(C)N. The second kappa shape index (κ2) is 7.47. The van der Waals surface area contributed by atoms with E-state index in [9.17, 15) is 0 Å². The van der Waals surface area contributed by atoms with Crippen LogP contribution in [0.15, 0.2) is 30.5 Å². The van der Waals surface area contributed by atoms with Crippen molar-refractivity contribution in [3.63, 3.8) is 0 Å². The summed E-state index contributed by atoms with van der Waals surface area (Å²) in [5, 5.41) is 0.744. The van der Waals surface area contributed by atoms with Gasteiger partial charge < -0.3 is 10.5 Å². The van der Waals surface area contributed by atoms with Crippen molar-refractivity contribution in [3.8, 4) is 17.0 Å². The number of hydrogen-bond donors (Lipinski definition) is 1. The van der Waals surface area contributed by atoms with E-state index in [1.165, 1.54) is 0 Å². The van der Waals surface area contributed by atoms with E-state index in [0.29, 0.717) is 23.3 Å². The molecule has 4 nitrogen and oxygen atoms in total. The van der Waals surface area contributed by atoms with Crippen molar-refractivity contribution in [3.05, 3.63) is 40.8 Å². The van der Waals surface area contributed by atoms with Crippen LogP contribution in [-0.4, -0.2) is 22.1 Å². The third-order valence-electron chi connectivity index (χ3n) is 3.25. The molecule has 23 heavy (non-hydrogen) atoms. The van der Waals surface area contributed by atoms with Gasteiger partial charge in [0.25, 0.3) is 0 Å². The third-order valence-corrected chi connectivity index (χ3v) is 3.73. The van der Waals surface area contributed by atoms with Gasteiger partial charge in [-0.25, -0.2) is 9.97 Å². The monoisotopic (exact) mass is 353 g/mol. The van der Waals surface area contributed by atoms with E-state index in [0.717, 1.165) is 17.7 Å². The molecule has 6 heteroatoms. The fraction of sp³-hybridized carbons (Fsp3) is 0.412. The number of rotatable bonds is 6. The average Bonchev–Trinajstić information content (AvgIpc) is 2.44. The van der Waals surface area contributed by atoms with E-state index in [1.807, 2.05) is 32.0 Å². The van der Waals surface area contributed by atoms with E-state index in [2.05, 4.69) is 16.9 Å². The molecule has 0 radical (unpaired) electrons. The van der Waals surface area contributed by atoms with E-state index < -0.39 is 0 Å². The van der Waals surface area contributed by atoms with Gasteiger partial charge >= 0.3 is 0 Å². The molecule has 0 fully saturated rings. The minimum atomic E-state index is -0.206. The number of hydrogen-bond acceptors (Lipinski definition) is 4. The summed E-state index contributed by atoms with van der Waals surface area (Å²) in [6.07, 6.45) is 2.49. The van der Waals surface area contributed by atoms with Crippen molar-refractivity contribution in [2.45, 2.75) is 32.7 Å². The molecule has 0 spiro atoms. The Hall–Kier alpha value is -1.36. The third kappa shape index (κ3) is 5.65. The molecule has 0 saturated carbocycles. The van der Waals surface area contributed by atoms with E-state index in [4.69, 9.17) is 33.7 Å². The van der Waals surface area contributed by atoms with Crippen LogP contribution in [0.1, 0.15) is 27.2 Å². The molecule has 2 rings (SSSR count). The zero-order valence-corrected chi connectivity index (χ0v) is 15.0. The van der Waals surface area contributed by atoms with Crippen molar-refractivity contribution in [1.82, 2.24) is 9.97 Å². The number of aromatic nitrogens is 2. The lowest BCUT2D eigenvalue weighted by Crippen LogP contribution is -2.35. The fourth-order valence-electron chi connectivity index (χ4n) is 2.46. The van der Waals surface area contributed by atoms with Gasteiger partial charge in [0, 0.05) is 17.3 Å². The van der Waals surface area contributed by atoms with Crippen LogP contribution in [-0.2, 0) is 0 Å². The first-order valence-corrected chi connectivity index (χ1v) is 8.20. The Morgan fingerprint density at radius 1 is 1.26 bits per heavy atom. The molecule has 0 saturated heterocycles. The first kappa shape index (κ1) is 18.0. The maximum atomic E-state index is 6.31. The normalized spacial score (nSPS) is 13.0. The van der Waals surface area contributed by atoms with Gasteiger partial charge in [0.15, 0.2) is 0 Å². The number of nitrogens with two attached hydrogens (primary N) is 1. The van der Waals surface area contributed by atoms with Crippen LogP contribution >= 0.6 is 23.2 Å². The second-order valence-corrected chi connectivity index (χ2v) is 7.21. The molecule has 124 valence electrons. The standard InChI is InChI=1S/C17H21Cl2N3O/c1-11(9-17(2,3)20)10-23-15-5-4-12(8-13(15)18)14-6-7-21-16(19)22-14/h4-8,11H,9-10,20H2,1-3H3/t11-/m0/s1. The van der Waals surface area contributed by atoms with Crippen LogP contribution in [0, 0.1) is 5.92 Å². The van der Waals surface area contributed by atoms with Gasteiger partial charge in [-0.2, -0.15) is 0 Å². The van der Waals surface area contributed by atoms with Gasteiger partial charge in [-0.15, -0.1) is 0 Å². The maximum Gasteiger partial charge on any atom is 0.222 e. The van der Waals surface area contributed by atoms with E-state index in [-0.39, 0.29) is 10.8 Å². The predicted molar refractivity (Wildman–Crippen MR) is 95.0 cm³/mol. The van der Waals surface area contributed by atoms with Crippen LogP contribution in [0.25, 0.3) is 11.3 Å². The number of halogens is 2. The number of nitrogens with zero attached hydrogens (tertiary/aromatic N) is 2. The Labute approximate surface area is 147 Å². The summed E-state index contributed by atoms with van der Waals surface area (Å²) in [7, 11) is 0. The Balaban J connectivity index is 2.05. The van der Waals surface area contributed by atoms with Crippen molar-refractivity contribution >= 4 is 23.2 Å². The number of ether oxygens (including phenoxy) is 1. The first-order chi connectivity index (χ1) is 10.7. The molecule has 0 aliphatic heterocycles. The molecule has 1 aromatic carbocycles. The average molecular weight is 354 g/mol. The van der Waals surface area contributed by atoms with E-state index >= 15 is 0 Å². The van der Waals surface area contributed by atoms with Crippen LogP contribution in [0.3, 0.4) is 0 Å². The van der Waals surface area contributed by atoms with Gasteiger partial charge in [0.2, 0.25) is 5.28 Å². The number of benzene rings is 1. The van der Waals surface area contributed by atoms with Crippen molar-refractivity contribution < 1.29 is 4.74 Å². The quantitative estimate of drug-likeness (QED) is 0.771. The highest BCUT2D eigenvalue weighted by Crippen LogP contribution is 2.30. The predicted octanol–water partition coefficient (Wildman–Crippen LogP) is 4.59. The molecule has 0 unspecified atom stereocenters. The lowest BCUT2D eigenvalue weighted by Gasteiger charge is -2.23. The summed E-state index contributed by atoms with van der Waals surface area (Å²) in [5.74, 6) is 0.990. The Bertz CT molecular complexity index is 671. The van der Waals surface area contributed by atoms with Crippen molar-refractivity contribution in [1.29, 1.82) is 0 Å². The minimum absolute atomic E-state index is 0.206. The van der Waals surface area contributed by atoms with Crippen LogP contribution in [0.4, 0.5) is 0 Å². The highest BCUT2D eigenvalue weighted by atomic mass is 35.5. The zero-order chi connectivity index (χ0) is 17.0. The summed E-state index contributed by atoms with van der Waals surface area (Å²) < 4.78 is 5.81. The molecule has 0 amide bonds. The summed E-state index contributed by atoms with van der Waals surface area (Å²) in [6, 6.07) is 7.34. The topological polar surface area (TPSA) is 61.0 Å². The van der Waals surface area contributed by atoms with Crippen LogP contribution in [0.5, 0.6) is 5.75 Å². The molecule has 2 aromatic rings. The molecular formula is C17H21Cl2N3O. The fourth-order valence-corrected chi connectivity index (χ4v) is 2.84. The molecule has 1 aromatic heterocycles. The van der Waals surface area contributed by atoms with E-state index in [1.54, 1.807) is 12.3 Å². The molecule has 0 aliphatic rings. The molecule has 0 bridgehead atoms. The molecule has 1 heterocycles. The maximum absolute atomic E-state index is 6.31. The van der Waals surface area contributed by atoms with Crippen LogP contribution in [0.2, 0.25) is 10.3 Å². The Kier molecular flexibility index (Phi) is 5.84. The van der Waals surface area contributed by atoms with Gasteiger partial charge in [0.05, 0.1) is 17.3 Å². The highest BCUT2D eigenvalue weighted by Gasteiger charge is 2.16. The van der Waals surface area contributed by atoms with Crippen LogP contribution < -0.4 is 10.5 Å². The Morgan fingerprint density at radius 2 is 2.00 bits per heavy atom. The van der Waals surface area contributed by atoms with Crippen molar-refractivity contribution in [2.24, 2.45) is 11.7 Å². The minimum Gasteiger partial charge on any atom is -0.492 e. The molecule has 2 N–H and O–H groups in total. The van der Waals surface area contributed by atoms with Gasteiger partial charge in [0.1, 0.15) is 5.75 Å². The highest BCUT2D eigenvalue weighted by molar-refractivity contribution is 6.32. The Morgan fingerprint density at radius 3 is 2.61 bits per heavy atom. The van der Waals surface area contributed by atoms with Crippen molar-refractivity contribution in [2.75, 3.05) is 6.61 Å². The summed E-state index contributed by atoms with van der Waals surface area (Å²) in [4.78, 5) is 8.04. The lowest BCUT2D eigenvalue weighted by atomic mass is 9.93. The molecule has 1 atom stereocenters. The largest absolute Gasteiger partial charge is 0.492 e. The molecular weight excluding hydrogens is 333 g/mol. The first-order valence-electron chi connectivity index (χ1n) is 7.45. The summed E-state index contributed by atoms with van der Waals surface area (Å²) in [6.45, 7) is 6.70. The second-order valence-electron chi connectivity index (χ2n) is 6.46. The summed E-state index contributed by atoms with van der Waals surface area (Å²) >= 11 is 12.1. The van der Waals surface area contributed by atoms with Gasteiger partial charge in [-0.3, -0.25) is 0 Å². The lowest BCUT2D eigenvalue weighted by molar-refractivity contribution is 0.229. The smallest absolute Gasteiger partial charge is 0.222 e.